The third kappa shape index (κ3) is 2.06. The predicted octanol–water partition coefficient (Wildman–Crippen LogP) is 6.22. The van der Waals surface area contributed by atoms with Crippen molar-refractivity contribution in [2.75, 3.05) is 11.4 Å². The SMILES string of the molecule is CCN1c2c(C)c(C)c(C)c(C)c2Cc2c(C)c(C)c(C)c(C)c21. The van der Waals surface area contributed by atoms with Gasteiger partial charge in [-0.15, -0.1) is 0 Å². The number of rotatable bonds is 1. The van der Waals surface area contributed by atoms with Crippen LogP contribution in [0.15, 0.2) is 0 Å². The van der Waals surface area contributed by atoms with Crippen LogP contribution in [0, 0.1) is 55.4 Å². The predicted molar refractivity (Wildman–Crippen MR) is 106 cm³/mol. The molecule has 0 saturated carbocycles. The highest BCUT2D eigenvalue weighted by molar-refractivity contribution is 5.83. The summed E-state index contributed by atoms with van der Waals surface area (Å²) in [6, 6.07) is 0. The van der Waals surface area contributed by atoms with Crippen molar-refractivity contribution in [3.05, 3.63) is 55.6 Å². The second-order valence-corrected chi connectivity index (χ2v) is 7.58. The van der Waals surface area contributed by atoms with Crippen LogP contribution in [0.5, 0.6) is 0 Å². The van der Waals surface area contributed by atoms with Gasteiger partial charge in [-0.25, -0.2) is 0 Å². The first-order valence-electron chi connectivity index (χ1n) is 9.18. The number of benzene rings is 2. The van der Waals surface area contributed by atoms with Crippen LogP contribution in [0.3, 0.4) is 0 Å². The molecule has 0 amide bonds. The van der Waals surface area contributed by atoms with E-state index in [-0.39, 0.29) is 0 Å². The van der Waals surface area contributed by atoms with E-state index < -0.39 is 0 Å². The maximum absolute atomic E-state index is 2.58. The quantitative estimate of drug-likeness (QED) is 0.603. The zero-order valence-electron chi connectivity index (χ0n) is 16.9. The molecule has 0 radical (unpaired) electrons. The summed E-state index contributed by atoms with van der Waals surface area (Å²) < 4.78 is 0. The van der Waals surface area contributed by atoms with Crippen LogP contribution in [0.25, 0.3) is 0 Å². The maximum atomic E-state index is 2.58. The summed E-state index contributed by atoms with van der Waals surface area (Å²) >= 11 is 0. The molecule has 0 saturated heterocycles. The van der Waals surface area contributed by atoms with Gasteiger partial charge in [0.25, 0.3) is 0 Å². The number of hydrogen-bond acceptors (Lipinski definition) is 1. The van der Waals surface area contributed by atoms with Gasteiger partial charge in [-0.05, 0) is 118 Å². The number of fused-ring (bicyclic) bond motifs is 2. The third-order valence-corrected chi connectivity index (χ3v) is 6.77. The molecule has 1 heteroatoms. The van der Waals surface area contributed by atoms with E-state index in [1.54, 1.807) is 0 Å². The molecule has 0 bridgehead atoms. The molecule has 1 heterocycles. The Morgan fingerprint density at radius 3 is 1.21 bits per heavy atom. The molecule has 24 heavy (non-hydrogen) atoms. The fraction of sp³-hybridized carbons (Fsp3) is 0.478. The summed E-state index contributed by atoms with van der Waals surface area (Å²) in [4.78, 5) is 2.58. The Kier molecular flexibility index (Phi) is 4.02. The van der Waals surface area contributed by atoms with Crippen molar-refractivity contribution < 1.29 is 0 Å². The van der Waals surface area contributed by atoms with Crippen LogP contribution >= 0.6 is 0 Å². The summed E-state index contributed by atoms with van der Waals surface area (Å²) in [5, 5.41) is 0. The lowest BCUT2D eigenvalue weighted by atomic mass is 9.81. The zero-order chi connectivity index (χ0) is 17.9. The highest BCUT2D eigenvalue weighted by atomic mass is 15.1. The molecule has 1 aliphatic rings. The minimum absolute atomic E-state index is 1.02. The molecule has 2 aromatic carbocycles. The zero-order valence-corrected chi connectivity index (χ0v) is 16.9. The molecule has 0 aliphatic carbocycles. The van der Waals surface area contributed by atoms with Gasteiger partial charge in [0, 0.05) is 24.3 Å². The second-order valence-electron chi connectivity index (χ2n) is 7.58. The third-order valence-electron chi connectivity index (χ3n) is 6.77. The Morgan fingerprint density at radius 2 is 0.875 bits per heavy atom. The van der Waals surface area contributed by atoms with Gasteiger partial charge in [-0.2, -0.15) is 0 Å². The van der Waals surface area contributed by atoms with Gasteiger partial charge in [-0.3, -0.25) is 0 Å². The Bertz CT molecular complexity index is 786. The molecule has 0 N–H and O–H groups in total. The van der Waals surface area contributed by atoms with Gasteiger partial charge in [0.05, 0.1) is 0 Å². The van der Waals surface area contributed by atoms with Crippen molar-refractivity contribution in [3.63, 3.8) is 0 Å². The van der Waals surface area contributed by atoms with Crippen LogP contribution in [-0.2, 0) is 6.42 Å². The van der Waals surface area contributed by atoms with Gasteiger partial charge in [-0.1, -0.05) is 0 Å². The van der Waals surface area contributed by atoms with Gasteiger partial charge in [0.1, 0.15) is 0 Å². The van der Waals surface area contributed by atoms with Crippen LogP contribution in [0.2, 0.25) is 0 Å². The van der Waals surface area contributed by atoms with Crippen LogP contribution < -0.4 is 4.90 Å². The Morgan fingerprint density at radius 1 is 0.542 bits per heavy atom. The minimum atomic E-state index is 1.02. The van der Waals surface area contributed by atoms with E-state index in [0.717, 1.165) is 13.0 Å². The highest BCUT2D eigenvalue weighted by Gasteiger charge is 2.30. The average Bonchev–Trinajstić information content (AvgIpc) is 2.59. The Balaban J connectivity index is 2.43. The van der Waals surface area contributed by atoms with Gasteiger partial charge >= 0.3 is 0 Å². The fourth-order valence-corrected chi connectivity index (χ4v) is 4.51. The van der Waals surface area contributed by atoms with Crippen LogP contribution in [0.4, 0.5) is 11.4 Å². The normalized spacial score (nSPS) is 13.1. The molecule has 0 fully saturated rings. The van der Waals surface area contributed by atoms with Gasteiger partial charge < -0.3 is 4.90 Å². The van der Waals surface area contributed by atoms with E-state index in [0.29, 0.717) is 0 Å². The number of nitrogens with zero attached hydrogens (tertiary/aromatic N) is 1. The summed E-state index contributed by atoms with van der Waals surface area (Å²) in [6.45, 7) is 21.6. The molecule has 2 aromatic rings. The van der Waals surface area contributed by atoms with Crippen molar-refractivity contribution in [1.29, 1.82) is 0 Å². The summed E-state index contributed by atoms with van der Waals surface area (Å²) in [5.41, 5.74) is 17.7. The lowest BCUT2D eigenvalue weighted by molar-refractivity contribution is 0.917. The van der Waals surface area contributed by atoms with Crippen molar-refractivity contribution >= 4 is 11.4 Å². The molecule has 0 atom stereocenters. The molecule has 0 spiro atoms. The largest absolute Gasteiger partial charge is 0.341 e. The van der Waals surface area contributed by atoms with E-state index in [2.05, 4.69) is 67.2 Å². The molecule has 1 aliphatic heterocycles. The average molecular weight is 322 g/mol. The van der Waals surface area contributed by atoms with Gasteiger partial charge in [0.15, 0.2) is 0 Å². The van der Waals surface area contributed by atoms with E-state index in [9.17, 15) is 0 Å². The van der Waals surface area contributed by atoms with E-state index in [1.165, 1.54) is 67.0 Å². The standard InChI is InChI=1S/C23H31N/c1-10-24-22-18(8)14(4)12(2)16(6)20(22)11-21-17(7)13(3)15(5)19(9)23(21)24/h10-11H2,1-9H3. The van der Waals surface area contributed by atoms with Crippen molar-refractivity contribution in [1.82, 2.24) is 0 Å². The summed E-state index contributed by atoms with van der Waals surface area (Å²) in [5.74, 6) is 0. The maximum Gasteiger partial charge on any atom is 0.0481 e. The van der Waals surface area contributed by atoms with Gasteiger partial charge in [0.2, 0.25) is 0 Å². The van der Waals surface area contributed by atoms with E-state index in [4.69, 9.17) is 0 Å². The fourth-order valence-electron chi connectivity index (χ4n) is 4.51. The van der Waals surface area contributed by atoms with Crippen molar-refractivity contribution in [2.45, 2.75) is 68.7 Å². The first-order valence-corrected chi connectivity index (χ1v) is 9.18. The number of hydrogen-bond donors (Lipinski definition) is 0. The molecular formula is C23H31N. The second kappa shape index (κ2) is 5.65. The molecular weight excluding hydrogens is 290 g/mol. The van der Waals surface area contributed by atoms with Crippen molar-refractivity contribution in [2.24, 2.45) is 0 Å². The van der Waals surface area contributed by atoms with Crippen molar-refractivity contribution in [3.8, 4) is 0 Å². The van der Waals surface area contributed by atoms with Crippen LogP contribution in [-0.4, -0.2) is 6.54 Å². The van der Waals surface area contributed by atoms with Crippen LogP contribution in [0.1, 0.15) is 62.6 Å². The monoisotopic (exact) mass is 321 g/mol. The summed E-state index contributed by atoms with van der Waals surface area (Å²) in [6.07, 6.45) is 1.07. The van der Waals surface area contributed by atoms with E-state index >= 15 is 0 Å². The number of anilines is 2. The molecule has 0 aromatic heterocycles. The Hall–Kier alpha value is -1.76. The molecule has 1 nitrogen and oxygen atoms in total. The molecule has 0 unspecified atom stereocenters. The van der Waals surface area contributed by atoms with E-state index in [1.807, 2.05) is 0 Å². The lowest BCUT2D eigenvalue weighted by Gasteiger charge is -2.39. The smallest absolute Gasteiger partial charge is 0.0481 e. The minimum Gasteiger partial charge on any atom is -0.341 e. The molecule has 3 rings (SSSR count). The first-order chi connectivity index (χ1) is 11.2. The highest BCUT2D eigenvalue weighted by Crippen LogP contribution is 2.47. The topological polar surface area (TPSA) is 3.24 Å². The molecule has 128 valence electrons. The summed E-state index contributed by atoms with van der Waals surface area (Å²) in [7, 11) is 0. The first kappa shape index (κ1) is 17.1. The lowest BCUT2D eigenvalue weighted by Crippen LogP contribution is -2.27. The Labute approximate surface area is 147 Å².